The van der Waals surface area contributed by atoms with Crippen LogP contribution in [0.15, 0.2) is 48.5 Å². The summed E-state index contributed by atoms with van der Waals surface area (Å²) in [5, 5.41) is 4.43. The van der Waals surface area contributed by atoms with Gasteiger partial charge in [-0.15, -0.1) is 0 Å². The molecule has 2 aromatic carbocycles. The number of nitrogens with one attached hydrogen (secondary N) is 2. The second-order valence-electron chi connectivity index (χ2n) is 5.78. The normalized spacial score (nSPS) is 13.4. The first kappa shape index (κ1) is 17.8. The maximum absolute atomic E-state index is 12.2. The van der Waals surface area contributed by atoms with Crippen molar-refractivity contribution in [2.75, 3.05) is 13.6 Å². The summed E-state index contributed by atoms with van der Waals surface area (Å²) < 4.78 is 0. The summed E-state index contributed by atoms with van der Waals surface area (Å²) in [6.45, 7) is 3.13. The van der Waals surface area contributed by atoms with Crippen LogP contribution in [0.4, 0.5) is 0 Å². The fourth-order valence-corrected chi connectivity index (χ4v) is 2.80. The van der Waals surface area contributed by atoms with E-state index in [1.54, 1.807) is 0 Å². The molecule has 2 aromatic rings. The molecule has 0 aromatic heterocycles. The smallest absolute Gasteiger partial charge is 0.275 e. The molecule has 0 bridgehead atoms. The summed E-state index contributed by atoms with van der Waals surface area (Å²) in [7, 11) is 1.99. The highest BCUT2D eigenvalue weighted by molar-refractivity contribution is 6.30. The van der Waals surface area contributed by atoms with E-state index in [1.807, 2.05) is 62.5 Å². The van der Waals surface area contributed by atoms with Gasteiger partial charge in [-0.05, 0) is 36.8 Å². The molecule has 122 valence electrons. The lowest BCUT2D eigenvalue weighted by molar-refractivity contribution is -0.885. The Morgan fingerprint density at radius 3 is 2.48 bits per heavy atom. The highest BCUT2D eigenvalue weighted by atomic mass is 35.5. The lowest BCUT2D eigenvalue weighted by Gasteiger charge is -2.17. The number of carbonyl (C=O) groups excluding carboxylic acids is 1. The van der Waals surface area contributed by atoms with Gasteiger partial charge in [-0.1, -0.05) is 47.5 Å². The molecule has 0 fully saturated rings. The van der Waals surface area contributed by atoms with E-state index in [-0.39, 0.29) is 11.9 Å². The fraction of sp³-hybridized carbons (Fsp3) is 0.278. The average Bonchev–Trinajstić information content (AvgIpc) is 2.47. The molecule has 1 amide bonds. The van der Waals surface area contributed by atoms with Crippen LogP contribution in [0.2, 0.25) is 10.0 Å². The molecule has 0 aliphatic rings. The minimum Gasteiger partial charge on any atom is -0.345 e. The molecule has 0 saturated carbocycles. The van der Waals surface area contributed by atoms with E-state index in [4.69, 9.17) is 23.2 Å². The number of hydrogen-bond donors (Lipinski definition) is 2. The standard InChI is InChI=1S/C18H20Cl2N2O/c1-13(15-6-8-16(19)9-7-15)21-18(23)12-22(2)11-14-4-3-5-17(20)10-14/h3-10,13H,11-12H2,1-2H3,(H,21,23)/p+1/t13-/m1/s1. The van der Waals surface area contributed by atoms with E-state index < -0.39 is 0 Å². The van der Waals surface area contributed by atoms with E-state index in [0.717, 1.165) is 27.6 Å². The van der Waals surface area contributed by atoms with E-state index in [9.17, 15) is 4.79 Å². The zero-order chi connectivity index (χ0) is 16.8. The molecular formula is C18H21Cl2N2O+. The summed E-state index contributed by atoms with van der Waals surface area (Å²) in [4.78, 5) is 13.3. The number of rotatable bonds is 6. The maximum Gasteiger partial charge on any atom is 0.275 e. The Morgan fingerprint density at radius 1 is 1.13 bits per heavy atom. The van der Waals surface area contributed by atoms with E-state index in [2.05, 4.69) is 5.32 Å². The second-order valence-corrected chi connectivity index (χ2v) is 6.65. The Labute approximate surface area is 147 Å². The summed E-state index contributed by atoms with van der Waals surface area (Å²) in [5.41, 5.74) is 2.16. The first-order chi connectivity index (χ1) is 10.9. The monoisotopic (exact) mass is 351 g/mol. The molecule has 1 unspecified atom stereocenters. The minimum absolute atomic E-state index is 0.0204. The predicted molar refractivity (Wildman–Crippen MR) is 94.9 cm³/mol. The molecule has 2 atom stereocenters. The number of amides is 1. The molecular weight excluding hydrogens is 331 g/mol. The molecule has 0 spiro atoms. The predicted octanol–water partition coefficient (Wildman–Crippen LogP) is 2.89. The van der Waals surface area contributed by atoms with Gasteiger partial charge in [0, 0.05) is 15.6 Å². The van der Waals surface area contributed by atoms with Gasteiger partial charge in [0.05, 0.1) is 13.1 Å². The van der Waals surface area contributed by atoms with Crippen LogP contribution in [0.3, 0.4) is 0 Å². The highest BCUT2D eigenvalue weighted by Gasteiger charge is 2.14. The van der Waals surface area contributed by atoms with Crippen molar-refractivity contribution in [1.82, 2.24) is 5.32 Å². The molecule has 3 nitrogen and oxygen atoms in total. The van der Waals surface area contributed by atoms with E-state index >= 15 is 0 Å². The Balaban J connectivity index is 1.85. The van der Waals surface area contributed by atoms with Gasteiger partial charge in [-0.3, -0.25) is 4.79 Å². The number of hydrogen-bond acceptors (Lipinski definition) is 1. The van der Waals surface area contributed by atoms with E-state index in [0.29, 0.717) is 11.6 Å². The van der Waals surface area contributed by atoms with Crippen molar-refractivity contribution in [1.29, 1.82) is 0 Å². The van der Waals surface area contributed by atoms with Crippen LogP contribution < -0.4 is 10.2 Å². The highest BCUT2D eigenvalue weighted by Crippen LogP contribution is 2.15. The molecule has 5 heteroatoms. The summed E-state index contributed by atoms with van der Waals surface area (Å²) in [6, 6.07) is 15.2. The maximum atomic E-state index is 12.2. The van der Waals surface area contributed by atoms with Gasteiger partial charge in [0.2, 0.25) is 0 Å². The first-order valence-corrected chi connectivity index (χ1v) is 8.30. The van der Waals surface area contributed by atoms with Crippen LogP contribution >= 0.6 is 23.2 Å². The lowest BCUT2D eigenvalue weighted by Crippen LogP contribution is -3.08. The van der Waals surface area contributed by atoms with Crippen LogP contribution in [-0.4, -0.2) is 19.5 Å². The lowest BCUT2D eigenvalue weighted by atomic mass is 10.1. The third-order valence-corrected chi connectivity index (χ3v) is 4.09. The summed E-state index contributed by atoms with van der Waals surface area (Å²) in [5.74, 6) is 0.0204. The van der Waals surface area contributed by atoms with Crippen molar-refractivity contribution in [3.05, 3.63) is 69.7 Å². The van der Waals surface area contributed by atoms with Crippen LogP contribution in [0, 0.1) is 0 Å². The van der Waals surface area contributed by atoms with Crippen molar-refractivity contribution in [2.45, 2.75) is 19.5 Å². The van der Waals surface area contributed by atoms with Crippen LogP contribution in [0.1, 0.15) is 24.1 Å². The van der Waals surface area contributed by atoms with Gasteiger partial charge in [0.25, 0.3) is 5.91 Å². The molecule has 0 heterocycles. The molecule has 0 saturated heterocycles. The zero-order valence-corrected chi connectivity index (χ0v) is 14.8. The number of carbonyl (C=O) groups is 1. The second kappa shape index (κ2) is 8.34. The summed E-state index contributed by atoms with van der Waals surface area (Å²) in [6.07, 6.45) is 0. The van der Waals surface area contributed by atoms with Gasteiger partial charge in [0.15, 0.2) is 6.54 Å². The fourth-order valence-electron chi connectivity index (χ4n) is 2.46. The average molecular weight is 352 g/mol. The van der Waals surface area contributed by atoms with Crippen molar-refractivity contribution in [3.8, 4) is 0 Å². The Kier molecular flexibility index (Phi) is 6.46. The van der Waals surface area contributed by atoms with Gasteiger partial charge < -0.3 is 10.2 Å². The number of benzene rings is 2. The number of halogens is 2. The van der Waals surface area contributed by atoms with Gasteiger partial charge in [-0.25, -0.2) is 0 Å². The first-order valence-electron chi connectivity index (χ1n) is 7.54. The third kappa shape index (κ3) is 5.87. The van der Waals surface area contributed by atoms with Crippen molar-refractivity contribution >= 4 is 29.1 Å². The topological polar surface area (TPSA) is 33.5 Å². The van der Waals surface area contributed by atoms with Crippen LogP contribution in [0.5, 0.6) is 0 Å². The molecule has 0 aliphatic heterocycles. The van der Waals surface area contributed by atoms with Gasteiger partial charge in [-0.2, -0.15) is 0 Å². The molecule has 0 aliphatic carbocycles. The third-order valence-electron chi connectivity index (χ3n) is 3.60. The van der Waals surface area contributed by atoms with Crippen molar-refractivity contribution < 1.29 is 9.69 Å². The van der Waals surface area contributed by atoms with Gasteiger partial charge >= 0.3 is 0 Å². The van der Waals surface area contributed by atoms with Crippen LogP contribution in [-0.2, 0) is 11.3 Å². The number of quaternary nitrogens is 1. The van der Waals surface area contributed by atoms with Crippen LogP contribution in [0.25, 0.3) is 0 Å². The quantitative estimate of drug-likeness (QED) is 0.824. The largest absolute Gasteiger partial charge is 0.345 e. The Bertz CT molecular complexity index is 658. The molecule has 2 rings (SSSR count). The number of likely N-dealkylation sites (N-methyl/N-ethyl adjacent to an activating group) is 1. The van der Waals surface area contributed by atoms with Gasteiger partial charge in [0.1, 0.15) is 6.54 Å². The molecule has 0 radical (unpaired) electrons. The minimum atomic E-state index is -0.0428. The SMILES string of the molecule is C[C@@H](NC(=O)C[NH+](C)Cc1cccc(Cl)c1)c1ccc(Cl)cc1. The zero-order valence-electron chi connectivity index (χ0n) is 13.3. The Hall–Kier alpha value is -1.55. The Morgan fingerprint density at radius 2 is 1.83 bits per heavy atom. The summed E-state index contributed by atoms with van der Waals surface area (Å²) >= 11 is 11.9. The molecule has 2 N–H and O–H groups in total. The van der Waals surface area contributed by atoms with Crippen molar-refractivity contribution in [3.63, 3.8) is 0 Å². The van der Waals surface area contributed by atoms with E-state index in [1.165, 1.54) is 0 Å². The molecule has 23 heavy (non-hydrogen) atoms. The van der Waals surface area contributed by atoms with Crippen molar-refractivity contribution in [2.24, 2.45) is 0 Å².